The van der Waals surface area contributed by atoms with Crippen LogP contribution in [0.25, 0.3) is 0 Å². The van der Waals surface area contributed by atoms with Gasteiger partial charge in [-0.15, -0.1) is 11.3 Å². The summed E-state index contributed by atoms with van der Waals surface area (Å²) in [4.78, 5) is 2.60. The Bertz CT molecular complexity index is 553. The number of likely N-dealkylation sites (N-methyl/N-ethyl adjacent to an activating group) is 1. The van der Waals surface area contributed by atoms with E-state index in [1.807, 2.05) is 7.05 Å². The zero-order valence-electron chi connectivity index (χ0n) is 11.0. The van der Waals surface area contributed by atoms with Crippen LogP contribution in [0.5, 0.6) is 0 Å². The molecule has 4 heteroatoms. The zero-order chi connectivity index (χ0) is 13.8. The number of thiophene rings is 1. The second kappa shape index (κ2) is 6.51. The highest BCUT2D eigenvalue weighted by atomic mass is 35.5. The second-order valence-corrected chi connectivity index (χ2v) is 6.08. The van der Waals surface area contributed by atoms with E-state index >= 15 is 0 Å². The summed E-state index contributed by atoms with van der Waals surface area (Å²) >= 11 is 7.56. The number of hydrogen-bond donors (Lipinski definition) is 1. The predicted octanol–water partition coefficient (Wildman–Crippen LogP) is 4.61. The lowest BCUT2D eigenvalue weighted by molar-refractivity contribution is 0.560. The molecule has 0 saturated carbocycles. The van der Waals surface area contributed by atoms with Crippen LogP contribution in [0.2, 0.25) is 5.02 Å². The maximum absolute atomic E-state index is 13.8. The largest absolute Gasteiger partial charge is 0.312 e. The molecular weight excluding hydrogens is 281 g/mol. The molecule has 0 bridgehead atoms. The van der Waals surface area contributed by atoms with Crippen molar-refractivity contribution < 1.29 is 4.39 Å². The van der Waals surface area contributed by atoms with Gasteiger partial charge in [0.05, 0.1) is 0 Å². The van der Waals surface area contributed by atoms with Gasteiger partial charge in [0, 0.05) is 20.8 Å². The Morgan fingerprint density at radius 1 is 1.32 bits per heavy atom. The van der Waals surface area contributed by atoms with Gasteiger partial charge in [0.1, 0.15) is 5.82 Å². The Hall–Kier alpha value is -0.900. The average Bonchev–Trinajstić information content (AvgIpc) is 2.86. The summed E-state index contributed by atoms with van der Waals surface area (Å²) in [5.74, 6) is -0.236. The van der Waals surface area contributed by atoms with Gasteiger partial charge in [-0.25, -0.2) is 4.39 Å². The van der Waals surface area contributed by atoms with Crippen LogP contribution < -0.4 is 5.32 Å². The van der Waals surface area contributed by atoms with Crippen LogP contribution in [-0.2, 0) is 12.8 Å². The molecule has 1 aromatic heterocycles. The van der Waals surface area contributed by atoms with Crippen LogP contribution in [0, 0.1) is 5.82 Å². The molecule has 0 saturated heterocycles. The van der Waals surface area contributed by atoms with Crippen molar-refractivity contribution in [2.75, 3.05) is 7.05 Å². The Morgan fingerprint density at radius 2 is 2.11 bits per heavy atom. The number of rotatable bonds is 5. The molecule has 0 fully saturated rings. The predicted molar refractivity (Wildman–Crippen MR) is 80.6 cm³/mol. The van der Waals surface area contributed by atoms with Gasteiger partial charge in [0.2, 0.25) is 0 Å². The van der Waals surface area contributed by atoms with Gasteiger partial charge in [0.15, 0.2) is 0 Å². The summed E-state index contributed by atoms with van der Waals surface area (Å²) in [5.41, 5.74) is 0.690. The van der Waals surface area contributed by atoms with E-state index in [1.165, 1.54) is 15.8 Å². The van der Waals surface area contributed by atoms with Crippen LogP contribution in [-0.4, -0.2) is 7.05 Å². The van der Waals surface area contributed by atoms with Gasteiger partial charge in [0.25, 0.3) is 0 Å². The molecule has 1 aromatic carbocycles. The van der Waals surface area contributed by atoms with Crippen molar-refractivity contribution in [2.24, 2.45) is 0 Å². The van der Waals surface area contributed by atoms with Crippen molar-refractivity contribution in [3.05, 3.63) is 56.5 Å². The number of benzene rings is 1. The van der Waals surface area contributed by atoms with Crippen molar-refractivity contribution in [1.82, 2.24) is 5.32 Å². The summed E-state index contributed by atoms with van der Waals surface area (Å²) in [6, 6.07) is 9.27. The maximum atomic E-state index is 13.8. The minimum Gasteiger partial charge on any atom is -0.312 e. The standard InChI is InChI=1S/C15H17ClFNS/c1-3-12-6-7-15(19-12)14(18-2)8-10-4-5-11(16)9-13(10)17/h4-7,9,14,18H,3,8H2,1-2H3. The van der Waals surface area contributed by atoms with Gasteiger partial charge < -0.3 is 5.32 Å². The third-order valence-electron chi connectivity index (χ3n) is 3.16. The van der Waals surface area contributed by atoms with E-state index in [0.29, 0.717) is 17.0 Å². The normalized spacial score (nSPS) is 12.6. The molecule has 1 atom stereocenters. The van der Waals surface area contributed by atoms with E-state index in [4.69, 9.17) is 11.6 Å². The highest BCUT2D eigenvalue weighted by Crippen LogP contribution is 2.27. The summed E-state index contributed by atoms with van der Waals surface area (Å²) < 4.78 is 13.8. The van der Waals surface area contributed by atoms with Gasteiger partial charge in [-0.05, 0) is 49.7 Å². The molecule has 0 aliphatic heterocycles. The zero-order valence-corrected chi connectivity index (χ0v) is 12.6. The summed E-state index contributed by atoms with van der Waals surface area (Å²) in [6.45, 7) is 2.14. The lowest BCUT2D eigenvalue weighted by Gasteiger charge is -2.15. The molecule has 2 rings (SSSR count). The van der Waals surface area contributed by atoms with Crippen molar-refractivity contribution in [3.63, 3.8) is 0 Å². The molecule has 0 aliphatic carbocycles. The molecule has 102 valence electrons. The molecule has 1 heterocycles. The van der Waals surface area contributed by atoms with Gasteiger partial charge >= 0.3 is 0 Å². The molecule has 1 nitrogen and oxygen atoms in total. The minimum absolute atomic E-state index is 0.140. The molecule has 0 spiro atoms. The first-order valence-electron chi connectivity index (χ1n) is 6.33. The SMILES string of the molecule is CCc1ccc(C(Cc2ccc(Cl)cc2F)NC)s1. The minimum atomic E-state index is -0.236. The third-order valence-corrected chi connectivity index (χ3v) is 4.74. The van der Waals surface area contributed by atoms with Crippen LogP contribution in [0.3, 0.4) is 0 Å². The number of hydrogen-bond acceptors (Lipinski definition) is 2. The highest BCUT2D eigenvalue weighted by molar-refractivity contribution is 7.12. The number of aryl methyl sites for hydroxylation is 1. The summed E-state index contributed by atoms with van der Waals surface area (Å²) in [5, 5.41) is 3.69. The molecule has 1 unspecified atom stereocenters. The van der Waals surface area contributed by atoms with Gasteiger partial charge in [-0.2, -0.15) is 0 Å². The van der Waals surface area contributed by atoms with Gasteiger partial charge in [-0.1, -0.05) is 24.6 Å². The number of nitrogens with one attached hydrogen (secondary N) is 1. The first-order chi connectivity index (χ1) is 9.13. The monoisotopic (exact) mass is 297 g/mol. The topological polar surface area (TPSA) is 12.0 Å². The van der Waals surface area contributed by atoms with Gasteiger partial charge in [-0.3, -0.25) is 0 Å². The Labute approximate surface area is 122 Å². The molecule has 0 aliphatic rings. The van der Waals surface area contributed by atoms with Crippen molar-refractivity contribution >= 4 is 22.9 Å². The van der Waals surface area contributed by atoms with Crippen molar-refractivity contribution in [3.8, 4) is 0 Å². The van der Waals surface area contributed by atoms with E-state index in [0.717, 1.165) is 6.42 Å². The Kier molecular flexibility index (Phi) is 4.97. The highest BCUT2D eigenvalue weighted by Gasteiger charge is 2.15. The van der Waals surface area contributed by atoms with E-state index < -0.39 is 0 Å². The van der Waals surface area contributed by atoms with E-state index in [9.17, 15) is 4.39 Å². The number of halogens is 2. The van der Waals surface area contributed by atoms with Crippen LogP contribution in [0.4, 0.5) is 4.39 Å². The van der Waals surface area contributed by atoms with Crippen LogP contribution in [0.15, 0.2) is 30.3 Å². The average molecular weight is 298 g/mol. The summed E-state index contributed by atoms with van der Waals surface area (Å²) in [7, 11) is 1.91. The van der Waals surface area contributed by atoms with Crippen molar-refractivity contribution in [1.29, 1.82) is 0 Å². The fraction of sp³-hybridized carbons (Fsp3) is 0.333. The van der Waals surface area contributed by atoms with Crippen molar-refractivity contribution in [2.45, 2.75) is 25.8 Å². The third kappa shape index (κ3) is 3.56. The lowest BCUT2D eigenvalue weighted by atomic mass is 10.0. The molecular formula is C15H17ClFNS. The Morgan fingerprint density at radius 3 is 2.68 bits per heavy atom. The molecule has 1 N–H and O–H groups in total. The fourth-order valence-corrected chi connectivity index (χ4v) is 3.25. The molecule has 19 heavy (non-hydrogen) atoms. The molecule has 0 radical (unpaired) electrons. The first-order valence-corrected chi connectivity index (χ1v) is 7.53. The Balaban J connectivity index is 2.18. The molecule has 2 aromatic rings. The van der Waals surface area contributed by atoms with Crippen LogP contribution >= 0.6 is 22.9 Å². The summed E-state index contributed by atoms with van der Waals surface area (Å²) in [6.07, 6.45) is 1.67. The molecule has 0 amide bonds. The van der Waals surface area contributed by atoms with Crippen LogP contribution in [0.1, 0.15) is 28.3 Å². The van der Waals surface area contributed by atoms with E-state index in [-0.39, 0.29) is 11.9 Å². The van der Waals surface area contributed by atoms with E-state index in [2.05, 4.69) is 24.4 Å². The van der Waals surface area contributed by atoms with E-state index in [1.54, 1.807) is 23.5 Å². The second-order valence-electron chi connectivity index (χ2n) is 4.44. The quantitative estimate of drug-likeness (QED) is 0.850. The fourth-order valence-electron chi connectivity index (χ4n) is 2.02. The lowest BCUT2D eigenvalue weighted by Crippen LogP contribution is -2.18. The first kappa shape index (κ1) is 14.5. The smallest absolute Gasteiger partial charge is 0.127 e. The maximum Gasteiger partial charge on any atom is 0.127 e.